The van der Waals surface area contributed by atoms with Gasteiger partial charge in [-0.05, 0) is 26.6 Å². The maximum Gasteiger partial charge on any atom is 0.244 e. The smallest absolute Gasteiger partial charge is 0.244 e. The van der Waals surface area contributed by atoms with Gasteiger partial charge in [0.25, 0.3) is 0 Å². The van der Waals surface area contributed by atoms with Crippen LogP contribution in [-0.2, 0) is 16.6 Å². The molecule has 1 fully saturated rings. The lowest BCUT2D eigenvalue weighted by molar-refractivity contribution is 0.159. The molecule has 2 rings (SSSR count). The Morgan fingerprint density at radius 3 is 2.85 bits per heavy atom. The minimum atomic E-state index is -3.33. The van der Waals surface area contributed by atoms with Gasteiger partial charge in [-0.15, -0.1) is 11.3 Å². The highest BCUT2D eigenvalue weighted by Gasteiger charge is 2.31. The summed E-state index contributed by atoms with van der Waals surface area (Å²) in [6.45, 7) is 7.64. The third-order valence-electron chi connectivity index (χ3n) is 3.74. The summed E-state index contributed by atoms with van der Waals surface area (Å²) in [5, 5.41) is 4.97. The molecule has 1 aromatic heterocycles. The van der Waals surface area contributed by atoms with Gasteiger partial charge >= 0.3 is 0 Å². The normalized spacial score (nSPS) is 22.2. The number of piperazine rings is 1. The molecule has 20 heavy (non-hydrogen) atoms. The van der Waals surface area contributed by atoms with Gasteiger partial charge in [0.15, 0.2) is 0 Å². The Hall–Kier alpha value is -0.470. The van der Waals surface area contributed by atoms with Crippen molar-refractivity contribution < 1.29 is 8.42 Å². The van der Waals surface area contributed by atoms with Crippen LogP contribution < -0.4 is 5.32 Å². The van der Waals surface area contributed by atoms with Gasteiger partial charge in [0.2, 0.25) is 10.0 Å². The first-order chi connectivity index (χ1) is 9.45. The minimum absolute atomic E-state index is 0.262. The van der Waals surface area contributed by atoms with E-state index in [0.717, 1.165) is 24.5 Å². The Kier molecular flexibility index (Phi) is 5.19. The molecule has 0 bridgehead atoms. The fourth-order valence-electron chi connectivity index (χ4n) is 2.22. The van der Waals surface area contributed by atoms with E-state index in [1.807, 2.05) is 14.0 Å². The predicted octanol–water partition coefficient (Wildman–Crippen LogP) is 1.18. The Morgan fingerprint density at radius 1 is 1.45 bits per heavy atom. The number of thiophene rings is 1. The monoisotopic (exact) mass is 317 g/mol. The molecule has 0 amide bonds. The molecular formula is C13H23N3O2S2. The van der Waals surface area contributed by atoms with Gasteiger partial charge in [-0.3, -0.25) is 0 Å². The number of hydrogen-bond donors (Lipinski definition) is 1. The van der Waals surface area contributed by atoms with Crippen LogP contribution in [0.2, 0.25) is 0 Å². The molecule has 1 aliphatic rings. The molecule has 1 aliphatic heterocycles. The highest BCUT2D eigenvalue weighted by Crippen LogP contribution is 2.24. The first-order valence-electron chi connectivity index (χ1n) is 6.93. The number of nitrogens with zero attached hydrogens (tertiary/aromatic N) is 2. The van der Waals surface area contributed by atoms with E-state index >= 15 is 0 Å². The lowest BCUT2D eigenvalue weighted by atomic mass is 10.2. The number of rotatable bonds is 5. The molecule has 1 saturated heterocycles. The number of hydrogen-bond acceptors (Lipinski definition) is 5. The standard InChI is InChI=1S/C13H23N3O2S2/c1-4-14-8-12-7-13(10-19-12)20(17,18)16-6-5-15(3)11(2)9-16/h7,10-11,14H,4-6,8-9H2,1-3H3. The van der Waals surface area contributed by atoms with Crippen LogP contribution in [0.5, 0.6) is 0 Å². The Morgan fingerprint density at radius 2 is 2.20 bits per heavy atom. The SMILES string of the molecule is CCNCc1cc(S(=O)(=O)N2CCN(C)C(C)C2)cs1. The first kappa shape index (κ1) is 15.9. The van der Waals surface area contributed by atoms with E-state index in [1.165, 1.54) is 11.3 Å². The van der Waals surface area contributed by atoms with Crippen LogP contribution in [0.1, 0.15) is 18.7 Å². The van der Waals surface area contributed by atoms with E-state index in [9.17, 15) is 8.42 Å². The van der Waals surface area contributed by atoms with Crippen molar-refractivity contribution in [3.63, 3.8) is 0 Å². The van der Waals surface area contributed by atoms with Gasteiger partial charge in [0.05, 0.1) is 4.90 Å². The molecule has 0 spiro atoms. The van der Waals surface area contributed by atoms with Crippen molar-refractivity contribution in [1.29, 1.82) is 0 Å². The molecular weight excluding hydrogens is 294 g/mol. The second kappa shape index (κ2) is 6.53. The summed E-state index contributed by atoms with van der Waals surface area (Å²) in [6, 6.07) is 2.06. The van der Waals surface area contributed by atoms with Crippen LogP contribution in [0.4, 0.5) is 0 Å². The summed E-state index contributed by atoms with van der Waals surface area (Å²) < 4.78 is 26.8. The molecule has 2 heterocycles. The van der Waals surface area contributed by atoms with Crippen LogP contribution in [0.15, 0.2) is 16.3 Å². The third kappa shape index (κ3) is 3.40. The van der Waals surface area contributed by atoms with Crippen LogP contribution in [-0.4, -0.2) is 56.9 Å². The largest absolute Gasteiger partial charge is 0.312 e. The van der Waals surface area contributed by atoms with E-state index in [2.05, 4.69) is 17.1 Å². The van der Waals surface area contributed by atoms with Crippen molar-refractivity contribution in [2.45, 2.75) is 31.3 Å². The summed E-state index contributed by atoms with van der Waals surface area (Å²) in [7, 11) is -1.30. The molecule has 1 aromatic rings. The molecule has 114 valence electrons. The zero-order valence-corrected chi connectivity index (χ0v) is 13.9. The van der Waals surface area contributed by atoms with E-state index in [0.29, 0.717) is 18.0 Å². The lowest BCUT2D eigenvalue weighted by Crippen LogP contribution is -2.51. The van der Waals surface area contributed by atoms with Crippen molar-refractivity contribution in [3.8, 4) is 0 Å². The van der Waals surface area contributed by atoms with Crippen molar-refractivity contribution in [2.75, 3.05) is 33.2 Å². The molecule has 5 nitrogen and oxygen atoms in total. The van der Waals surface area contributed by atoms with Crippen LogP contribution in [0.25, 0.3) is 0 Å². The van der Waals surface area contributed by atoms with Gasteiger partial charge < -0.3 is 10.2 Å². The van der Waals surface area contributed by atoms with Crippen molar-refractivity contribution >= 4 is 21.4 Å². The summed E-state index contributed by atoms with van der Waals surface area (Å²) in [5.74, 6) is 0. The van der Waals surface area contributed by atoms with Crippen molar-refractivity contribution in [3.05, 3.63) is 16.3 Å². The fourth-order valence-corrected chi connectivity index (χ4v) is 4.96. The highest BCUT2D eigenvalue weighted by molar-refractivity contribution is 7.89. The molecule has 1 atom stereocenters. The maximum atomic E-state index is 12.6. The van der Waals surface area contributed by atoms with E-state index in [-0.39, 0.29) is 6.04 Å². The molecule has 1 N–H and O–H groups in total. The average Bonchev–Trinajstić information content (AvgIpc) is 2.89. The van der Waals surface area contributed by atoms with Gasteiger partial charge in [0.1, 0.15) is 0 Å². The molecule has 0 aliphatic carbocycles. The predicted molar refractivity (Wildman–Crippen MR) is 82.6 cm³/mol. The fraction of sp³-hybridized carbons (Fsp3) is 0.692. The van der Waals surface area contributed by atoms with E-state index in [4.69, 9.17) is 0 Å². The maximum absolute atomic E-state index is 12.6. The number of nitrogens with one attached hydrogen (secondary N) is 1. The molecule has 0 aromatic carbocycles. The third-order valence-corrected chi connectivity index (χ3v) is 6.67. The Balaban J connectivity index is 2.12. The van der Waals surface area contributed by atoms with Gasteiger partial charge in [0, 0.05) is 42.5 Å². The number of likely N-dealkylation sites (N-methyl/N-ethyl adjacent to an activating group) is 1. The number of sulfonamides is 1. The van der Waals surface area contributed by atoms with Crippen LogP contribution in [0.3, 0.4) is 0 Å². The van der Waals surface area contributed by atoms with Crippen molar-refractivity contribution in [1.82, 2.24) is 14.5 Å². The second-order valence-electron chi connectivity index (χ2n) is 5.22. The van der Waals surface area contributed by atoms with E-state index in [1.54, 1.807) is 15.8 Å². The van der Waals surface area contributed by atoms with E-state index < -0.39 is 10.0 Å². The summed E-state index contributed by atoms with van der Waals surface area (Å²) in [5.41, 5.74) is 0. The quantitative estimate of drug-likeness (QED) is 0.886. The molecule has 0 radical (unpaired) electrons. The van der Waals surface area contributed by atoms with Crippen molar-refractivity contribution in [2.24, 2.45) is 0 Å². The second-order valence-corrected chi connectivity index (χ2v) is 8.16. The molecule has 1 unspecified atom stereocenters. The van der Waals surface area contributed by atoms with Crippen LogP contribution in [0, 0.1) is 0 Å². The summed E-state index contributed by atoms with van der Waals surface area (Å²) in [6.07, 6.45) is 0. The Bertz CT molecular complexity index is 542. The summed E-state index contributed by atoms with van der Waals surface area (Å²) >= 11 is 1.50. The molecule has 7 heteroatoms. The minimum Gasteiger partial charge on any atom is -0.312 e. The topological polar surface area (TPSA) is 52.7 Å². The van der Waals surface area contributed by atoms with Gasteiger partial charge in [-0.2, -0.15) is 4.31 Å². The lowest BCUT2D eigenvalue weighted by Gasteiger charge is -2.36. The highest BCUT2D eigenvalue weighted by atomic mass is 32.2. The van der Waals surface area contributed by atoms with Gasteiger partial charge in [-0.25, -0.2) is 8.42 Å². The first-order valence-corrected chi connectivity index (χ1v) is 9.25. The zero-order chi connectivity index (χ0) is 14.8. The van der Waals surface area contributed by atoms with Gasteiger partial charge in [-0.1, -0.05) is 6.92 Å². The molecule has 0 saturated carbocycles. The zero-order valence-electron chi connectivity index (χ0n) is 12.3. The Labute approximate surface area is 125 Å². The van der Waals surface area contributed by atoms with Crippen LogP contribution >= 0.6 is 11.3 Å². The average molecular weight is 317 g/mol. The summed E-state index contributed by atoms with van der Waals surface area (Å²) in [4.78, 5) is 3.69.